The molecular weight excluding hydrogens is 297 g/mol. The Morgan fingerprint density at radius 1 is 1.22 bits per heavy atom. The van der Waals surface area contributed by atoms with E-state index >= 15 is 0 Å². The fourth-order valence-corrected chi connectivity index (χ4v) is 3.51. The number of hydrogen-bond acceptors (Lipinski definition) is 4. The first-order valence-corrected chi connectivity index (χ1v) is 8.39. The molecule has 1 N–H and O–H groups in total. The quantitative estimate of drug-likeness (QED) is 0.928. The second-order valence-electron chi connectivity index (χ2n) is 7.02. The largest absolute Gasteiger partial charge is 0.490 e. The van der Waals surface area contributed by atoms with Crippen LogP contribution < -0.4 is 10.1 Å². The van der Waals surface area contributed by atoms with Crippen LogP contribution in [0.15, 0.2) is 18.2 Å². The molecule has 2 fully saturated rings. The molecule has 2 unspecified atom stereocenters. The van der Waals surface area contributed by atoms with E-state index in [9.17, 15) is 4.39 Å². The van der Waals surface area contributed by atoms with Crippen molar-refractivity contribution < 1.29 is 18.6 Å². The van der Waals surface area contributed by atoms with Crippen LogP contribution in [0.3, 0.4) is 0 Å². The number of benzene rings is 1. The molecule has 2 saturated heterocycles. The summed E-state index contributed by atoms with van der Waals surface area (Å²) in [6, 6.07) is 5.77. The minimum atomic E-state index is -0.463. The van der Waals surface area contributed by atoms with Crippen molar-refractivity contribution in [2.24, 2.45) is 5.92 Å². The lowest BCUT2D eigenvalue weighted by Crippen LogP contribution is -2.57. The molecule has 0 aromatic heterocycles. The van der Waals surface area contributed by atoms with E-state index in [2.05, 4.69) is 19.2 Å². The molecule has 1 aromatic carbocycles. The molecule has 1 aromatic rings. The van der Waals surface area contributed by atoms with Gasteiger partial charge in [-0.25, -0.2) is 4.39 Å². The highest BCUT2D eigenvalue weighted by Crippen LogP contribution is 2.34. The molecule has 2 heterocycles. The summed E-state index contributed by atoms with van der Waals surface area (Å²) in [6.07, 6.45) is 1.72. The summed E-state index contributed by atoms with van der Waals surface area (Å²) in [4.78, 5) is 0. The Bertz CT molecular complexity index is 531. The first kappa shape index (κ1) is 16.7. The summed E-state index contributed by atoms with van der Waals surface area (Å²) >= 11 is 0. The SMILES string of the molecule is Cc1ccc(OCC2COC3(CC(C)NC(C)C3)OC2)c(F)c1. The van der Waals surface area contributed by atoms with Crippen molar-refractivity contribution in [3.8, 4) is 5.75 Å². The van der Waals surface area contributed by atoms with Crippen molar-refractivity contribution in [2.75, 3.05) is 19.8 Å². The van der Waals surface area contributed by atoms with Crippen molar-refractivity contribution in [1.29, 1.82) is 0 Å². The van der Waals surface area contributed by atoms with Gasteiger partial charge in [0.15, 0.2) is 17.4 Å². The Kier molecular flexibility index (Phi) is 4.90. The zero-order valence-corrected chi connectivity index (χ0v) is 14.1. The van der Waals surface area contributed by atoms with Gasteiger partial charge in [0.2, 0.25) is 0 Å². The third-order valence-corrected chi connectivity index (χ3v) is 4.53. The molecule has 128 valence electrons. The maximum Gasteiger partial charge on any atom is 0.171 e. The highest BCUT2D eigenvalue weighted by Gasteiger charge is 2.43. The standard InChI is InChI=1S/C18H26FNO3/c1-12-4-5-17(16(19)6-12)21-9-15-10-22-18(23-11-15)7-13(2)20-14(3)8-18/h4-6,13-15,20H,7-11H2,1-3H3. The monoisotopic (exact) mass is 323 g/mol. The van der Waals surface area contributed by atoms with Crippen LogP contribution in [0, 0.1) is 18.7 Å². The van der Waals surface area contributed by atoms with Crippen LogP contribution in [0.25, 0.3) is 0 Å². The molecule has 0 aliphatic carbocycles. The van der Waals surface area contributed by atoms with Crippen molar-refractivity contribution in [2.45, 2.75) is 51.5 Å². The molecule has 0 saturated carbocycles. The van der Waals surface area contributed by atoms with E-state index in [1.165, 1.54) is 6.07 Å². The van der Waals surface area contributed by atoms with Crippen LogP contribution >= 0.6 is 0 Å². The lowest BCUT2D eigenvalue weighted by Gasteiger charge is -2.46. The zero-order chi connectivity index (χ0) is 16.4. The van der Waals surface area contributed by atoms with E-state index in [1.54, 1.807) is 6.07 Å². The molecule has 2 aliphatic rings. The number of rotatable bonds is 3. The van der Waals surface area contributed by atoms with Gasteiger partial charge in [-0.1, -0.05) is 6.07 Å². The molecule has 3 rings (SSSR count). The summed E-state index contributed by atoms with van der Waals surface area (Å²) < 4.78 is 31.5. The summed E-state index contributed by atoms with van der Waals surface area (Å²) in [5.41, 5.74) is 0.885. The molecule has 2 aliphatic heterocycles. The predicted octanol–water partition coefficient (Wildman–Crippen LogP) is 3.03. The molecule has 1 spiro atoms. The zero-order valence-electron chi connectivity index (χ0n) is 14.1. The Hall–Kier alpha value is -1.17. The Labute approximate surface area is 137 Å². The van der Waals surface area contributed by atoms with Gasteiger partial charge in [0, 0.05) is 30.8 Å². The number of ether oxygens (including phenoxy) is 3. The number of nitrogens with one attached hydrogen (secondary N) is 1. The maximum atomic E-state index is 13.8. The number of piperidine rings is 1. The fraction of sp³-hybridized carbons (Fsp3) is 0.667. The number of aryl methyl sites for hydroxylation is 1. The second kappa shape index (κ2) is 6.75. The van der Waals surface area contributed by atoms with Gasteiger partial charge >= 0.3 is 0 Å². The Balaban J connectivity index is 1.51. The van der Waals surface area contributed by atoms with Crippen LogP contribution in [0.5, 0.6) is 5.75 Å². The van der Waals surface area contributed by atoms with Crippen LogP contribution in [-0.4, -0.2) is 37.7 Å². The summed E-state index contributed by atoms with van der Waals surface area (Å²) in [5, 5.41) is 3.49. The lowest BCUT2D eigenvalue weighted by atomic mass is 9.92. The third kappa shape index (κ3) is 4.03. The van der Waals surface area contributed by atoms with E-state index in [4.69, 9.17) is 14.2 Å². The van der Waals surface area contributed by atoms with Gasteiger partial charge in [0.05, 0.1) is 19.8 Å². The lowest BCUT2D eigenvalue weighted by molar-refractivity contribution is -0.301. The molecular formula is C18H26FNO3. The van der Waals surface area contributed by atoms with Gasteiger partial charge in [-0.2, -0.15) is 0 Å². The van der Waals surface area contributed by atoms with Crippen LogP contribution in [0.2, 0.25) is 0 Å². The molecule has 5 heteroatoms. The Morgan fingerprint density at radius 2 is 1.87 bits per heavy atom. The van der Waals surface area contributed by atoms with Gasteiger partial charge < -0.3 is 19.5 Å². The van der Waals surface area contributed by atoms with Gasteiger partial charge in [0.25, 0.3) is 0 Å². The topological polar surface area (TPSA) is 39.7 Å². The molecule has 0 bridgehead atoms. The van der Waals surface area contributed by atoms with Crippen molar-refractivity contribution in [3.05, 3.63) is 29.6 Å². The highest BCUT2D eigenvalue weighted by atomic mass is 19.1. The van der Waals surface area contributed by atoms with E-state index in [1.807, 2.05) is 13.0 Å². The van der Waals surface area contributed by atoms with Crippen molar-refractivity contribution in [3.63, 3.8) is 0 Å². The van der Waals surface area contributed by atoms with Crippen LogP contribution in [-0.2, 0) is 9.47 Å². The number of halogens is 1. The minimum absolute atomic E-state index is 0.127. The van der Waals surface area contributed by atoms with E-state index in [0.29, 0.717) is 37.7 Å². The van der Waals surface area contributed by atoms with Gasteiger partial charge in [0.1, 0.15) is 0 Å². The van der Waals surface area contributed by atoms with Crippen LogP contribution in [0.1, 0.15) is 32.3 Å². The normalized spacial score (nSPS) is 34.5. The average Bonchev–Trinajstić information content (AvgIpc) is 2.47. The van der Waals surface area contributed by atoms with Gasteiger partial charge in [-0.3, -0.25) is 0 Å². The first-order chi connectivity index (χ1) is 11.0. The smallest absolute Gasteiger partial charge is 0.171 e. The molecule has 2 atom stereocenters. The van der Waals surface area contributed by atoms with Gasteiger partial charge in [-0.05, 0) is 38.5 Å². The maximum absolute atomic E-state index is 13.8. The third-order valence-electron chi connectivity index (χ3n) is 4.53. The van der Waals surface area contributed by atoms with E-state index in [0.717, 1.165) is 18.4 Å². The fourth-order valence-electron chi connectivity index (χ4n) is 3.51. The summed E-state index contributed by atoms with van der Waals surface area (Å²) in [7, 11) is 0. The van der Waals surface area contributed by atoms with Crippen molar-refractivity contribution >= 4 is 0 Å². The Morgan fingerprint density at radius 3 is 2.48 bits per heavy atom. The molecule has 0 radical (unpaired) electrons. The molecule has 4 nitrogen and oxygen atoms in total. The van der Waals surface area contributed by atoms with Crippen molar-refractivity contribution in [1.82, 2.24) is 5.32 Å². The van der Waals surface area contributed by atoms with Gasteiger partial charge in [-0.15, -0.1) is 0 Å². The predicted molar refractivity (Wildman–Crippen MR) is 86.1 cm³/mol. The minimum Gasteiger partial charge on any atom is -0.490 e. The summed E-state index contributed by atoms with van der Waals surface area (Å²) in [6.45, 7) is 7.74. The van der Waals surface area contributed by atoms with E-state index in [-0.39, 0.29) is 11.7 Å². The first-order valence-electron chi connectivity index (χ1n) is 8.39. The molecule has 23 heavy (non-hydrogen) atoms. The average molecular weight is 323 g/mol. The highest BCUT2D eigenvalue weighted by molar-refractivity contribution is 5.28. The van der Waals surface area contributed by atoms with E-state index < -0.39 is 5.79 Å². The molecule has 0 amide bonds. The number of hydrogen-bond donors (Lipinski definition) is 1. The van der Waals surface area contributed by atoms with Crippen LogP contribution in [0.4, 0.5) is 4.39 Å². The second-order valence-corrected chi connectivity index (χ2v) is 7.02. The summed E-state index contributed by atoms with van der Waals surface area (Å²) in [5.74, 6) is -0.364.